The van der Waals surface area contributed by atoms with Crippen molar-refractivity contribution < 1.29 is 13.2 Å². The van der Waals surface area contributed by atoms with E-state index in [1.54, 1.807) is 32.2 Å². The molecule has 0 radical (unpaired) electrons. The summed E-state index contributed by atoms with van der Waals surface area (Å²) in [7, 11) is 0. The van der Waals surface area contributed by atoms with E-state index >= 15 is 0 Å². The lowest BCUT2D eigenvalue weighted by molar-refractivity contribution is -0.138. The Morgan fingerprint density at radius 3 is 2.50 bits per heavy atom. The average molecular weight is 283 g/mol. The number of nitrogens with two attached hydrogens (primary N) is 1. The average Bonchev–Trinajstić information content (AvgIpc) is 2.74. The van der Waals surface area contributed by atoms with Gasteiger partial charge in [0.2, 0.25) is 0 Å². The van der Waals surface area contributed by atoms with Crippen LogP contribution in [0.1, 0.15) is 23.7 Å². The summed E-state index contributed by atoms with van der Waals surface area (Å²) in [5.74, 6) is 0. The van der Waals surface area contributed by atoms with E-state index in [1.165, 1.54) is 10.7 Å². The maximum Gasteiger partial charge on any atom is 0.416 e. The van der Waals surface area contributed by atoms with Crippen molar-refractivity contribution in [3.8, 4) is 5.69 Å². The highest BCUT2D eigenvalue weighted by Gasteiger charge is 2.33. The molecule has 2 rings (SSSR count). The normalized spacial score (nSPS) is 13.5. The van der Waals surface area contributed by atoms with E-state index in [2.05, 4.69) is 5.10 Å². The molecule has 0 spiro atoms. The van der Waals surface area contributed by atoms with Crippen molar-refractivity contribution in [3.63, 3.8) is 0 Å². The first kappa shape index (κ1) is 14.6. The van der Waals surface area contributed by atoms with Crippen LogP contribution in [0.2, 0.25) is 0 Å². The molecule has 0 aliphatic rings. The number of nitrogens with zero attached hydrogens (tertiary/aromatic N) is 2. The van der Waals surface area contributed by atoms with E-state index in [1.807, 2.05) is 0 Å². The van der Waals surface area contributed by atoms with Crippen LogP contribution in [0.15, 0.2) is 30.5 Å². The van der Waals surface area contributed by atoms with Crippen LogP contribution in [0.25, 0.3) is 5.69 Å². The molecule has 2 aromatic rings. The van der Waals surface area contributed by atoms with Crippen LogP contribution in [0.4, 0.5) is 13.2 Å². The number of rotatable bonds is 3. The van der Waals surface area contributed by atoms with E-state index in [9.17, 15) is 13.2 Å². The predicted molar refractivity (Wildman–Crippen MR) is 70.7 cm³/mol. The van der Waals surface area contributed by atoms with Gasteiger partial charge in [0, 0.05) is 12.2 Å². The van der Waals surface area contributed by atoms with Crippen LogP contribution >= 0.6 is 0 Å². The second kappa shape index (κ2) is 5.28. The number of hydrogen-bond donors (Lipinski definition) is 1. The Bertz CT molecular complexity index is 600. The van der Waals surface area contributed by atoms with Gasteiger partial charge in [-0.2, -0.15) is 18.3 Å². The molecule has 1 atom stereocenters. The second-order valence-corrected chi connectivity index (χ2v) is 4.92. The van der Waals surface area contributed by atoms with E-state index in [4.69, 9.17) is 5.73 Å². The van der Waals surface area contributed by atoms with E-state index in [0.717, 1.165) is 11.8 Å². The molecular weight excluding hydrogens is 267 g/mol. The molecule has 0 saturated heterocycles. The minimum atomic E-state index is -4.40. The van der Waals surface area contributed by atoms with Crippen LogP contribution in [-0.2, 0) is 12.6 Å². The van der Waals surface area contributed by atoms with Gasteiger partial charge in [-0.05, 0) is 44.0 Å². The minimum Gasteiger partial charge on any atom is -0.328 e. The molecule has 0 fully saturated rings. The Hall–Kier alpha value is -1.82. The smallest absolute Gasteiger partial charge is 0.328 e. The molecule has 6 heteroatoms. The number of benzene rings is 1. The monoisotopic (exact) mass is 283 g/mol. The molecule has 1 aromatic carbocycles. The highest BCUT2D eigenvalue weighted by Crippen LogP contribution is 2.33. The third-order valence-corrected chi connectivity index (χ3v) is 2.93. The standard InChI is InChI=1S/C14H16F3N3/c1-9(18)7-11-3-4-12(8-13(11)14(15,16)17)20-6-5-10(2)19-20/h3-6,8-9H,7,18H2,1-2H3. The second-order valence-electron chi connectivity index (χ2n) is 4.92. The fourth-order valence-corrected chi connectivity index (χ4v) is 2.05. The van der Waals surface area contributed by atoms with Crippen LogP contribution in [0.3, 0.4) is 0 Å². The Morgan fingerprint density at radius 1 is 1.30 bits per heavy atom. The van der Waals surface area contributed by atoms with Gasteiger partial charge in [0.15, 0.2) is 0 Å². The number of alkyl halides is 3. The Balaban J connectivity index is 2.48. The highest BCUT2D eigenvalue weighted by molar-refractivity contribution is 5.42. The largest absolute Gasteiger partial charge is 0.416 e. The molecule has 0 aliphatic heterocycles. The van der Waals surface area contributed by atoms with Crippen molar-refractivity contribution in [2.75, 3.05) is 0 Å². The number of halogens is 3. The third-order valence-electron chi connectivity index (χ3n) is 2.93. The lowest BCUT2D eigenvalue weighted by Gasteiger charge is -2.16. The molecule has 3 nitrogen and oxygen atoms in total. The van der Waals surface area contributed by atoms with E-state index in [-0.39, 0.29) is 18.0 Å². The lowest BCUT2D eigenvalue weighted by Crippen LogP contribution is -2.21. The van der Waals surface area contributed by atoms with Crippen LogP contribution in [0, 0.1) is 6.92 Å². The summed E-state index contributed by atoms with van der Waals surface area (Å²) in [6.07, 6.45) is -2.58. The zero-order chi connectivity index (χ0) is 14.9. The SMILES string of the molecule is Cc1ccn(-c2ccc(CC(C)N)c(C(F)(F)F)c2)n1. The third kappa shape index (κ3) is 3.19. The first-order chi connectivity index (χ1) is 9.27. The van der Waals surface area contributed by atoms with E-state index < -0.39 is 11.7 Å². The van der Waals surface area contributed by atoms with Crippen LogP contribution < -0.4 is 5.73 Å². The number of hydrogen-bond acceptors (Lipinski definition) is 2. The zero-order valence-corrected chi connectivity index (χ0v) is 11.3. The summed E-state index contributed by atoms with van der Waals surface area (Å²) in [4.78, 5) is 0. The molecule has 0 aliphatic carbocycles. The summed E-state index contributed by atoms with van der Waals surface area (Å²) < 4.78 is 40.8. The Kier molecular flexibility index (Phi) is 3.85. The quantitative estimate of drug-likeness (QED) is 0.940. The van der Waals surface area contributed by atoms with Gasteiger partial charge in [-0.25, -0.2) is 4.68 Å². The van der Waals surface area contributed by atoms with Gasteiger partial charge in [0.05, 0.1) is 16.9 Å². The zero-order valence-electron chi connectivity index (χ0n) is 11.3. The Labute approximate surface area is 115 Å². The molecule has 2 N–H and O–H groups in total. The number of aromatic nitrogens is 2. The summed E-state index contributed by atoms with van der Waals surface area (Å²) in [5, 5.41) is 4.12. The fraction of sp³-hybridized carbons (Fsp3) is 0.357. The van der Waals surface area contributed by atoms with Gasteiger partial charge in [-0.15, -0.1) is 0 Å². The van der Waals surface area contributed by atoms with E-state index in [0.29, 0.717) is 5.69 Å². The first-order valence-corrected chi connectivity index (χ1v) is 6.25. The molecule has 108 valence electrons. The summed E-state index contributed by atoms with van der Waals surface area (Å²) in [6, 6.07) is 5.62. The summed E-state index contributed by atoms with van der Waals surface area (Å²) >= 11 is 0. The van der Waals surface area contributed by atoms with Gasteiger partial charge in [0.25, 0.3) is 0 Å². The van der Waals surface area contributed by atoms with Gasteiger partial charge in [-0.1, -0.05) is 6.07 Å². The van der Waals surface area contributed by atoms with Crippen molar-refractivity contribution in [1.82, 2.24) is 9.78 Å². The lowest BCUT2D eigenvalue weighted by atomic mass is 10.00. The maximum absolute atomic E-state index is 13.1. The summed E-state index contributed by atoms with van der Waals surface area (Å²) in [6.45, 7) is 3.47. The van der Waals surface area contributed by atoms with Crippen molar-refractivity contribution >= 4 is 0 Å². The van der Waals surface area contributed by atoms with Gasteiger partial charge >= 0.3 is 6.18 Å². The van der Waals surface area contributed by atoms with Gasteiger partial charge in [-0.3, -0.25) is 0 Å². The van der Waals surface area contributed by atoms with Crippen molar-refractivity contribution in [2.24, 2.45) is 5.73 Å². The van der Waals surface area contributed by atoms with Crippen LogP contribution in [0.5, 0.6) is 0 Å². The predicted octanol–water partition coefficient (Wildman–Crippen LogP) is 3.09. The van der Waals surface area contributed by atoms with Gasteiger partial charge in [0.1, 0.15) is 0 Å². The summed E-state index contributed by atoms with van der Waals surface area (Å²) in [5.41, 5.74) is 6.30. The maximum atomic E-state index is 13.1. The van der Waals surface area contributed by atoms with Crippen LogP contribution in [-0.4, -0.2) is 15.8 Å². The number of aryl methyl sites for hydroxylation is 1. The van der Waals surface area contributed by atoms with Gasteiger partial charge < -0.3 is 5.73 Å². The molecule has 0 bridgehead atoms. The minimum absolute atomic E-state index is 0.188. The molecule has 20 heavy (non-hydrogen) atoms. The molecule has 1 heterocycles. The van der Waals surface area contributed by atoms with Crippen molar-refractivity contribution in [1.29, 1.82) is 0 Å². The Morgan fingerprint density at radius 2 is 2.00 bits per heavy atom. The molecule has 0 saturated carbocycles. The molecule has 1 aromatic heterocycles. The molecule has 0 amide bonds. The van der Waals surface area contributed by atoms with Crippen molar-refractivity contribution in [2.45, 2.75) is 32.5 Å². The first-order valence-electron chi connectivity index (χ1n) is 6.25. The van der Waals surface area contributed by atoms with Crippen molar-refractivity contribution in [3.05, 3.63) is 47.3 Å². The topological polar surface area (TPSA) is 43.8 Å². The molecular formula is C14H16F3N3. The molecule has 1 unspecified atom stereocenters. The fourth-order valence-electron chi connectivity index (χ4n) is 2.05. The highest BCUT2D eigenvalue weighted by atomic mass is 19.4.